The Balaban J connectivity index is 1.67. The van der Waals surface area contributed by atoms with Crippen molar-refractivity contribution in [1.82, 2.24) is 25.1 Å². The molecule has 1 aromatic carbocycles. The van der Waals surface area contributed by atoms with Gasteiger partial charge in [0.05, 0.1) is 0 Å². The minimum atomic E-state index is -0.313. The molecule has 122 valence electrons. The number of benzene rings is 1. The number of H-pyrrole nitrogens is 1. The van der Waals surface area contributed by atoms with E-state index in [4.69, 9.17) is 0 Å². The third-order valence-corrected chi connectivity index (χ3v) is 4.55. The summed E-state index contributed by atoms with van der Waals surface area (Å²) in [5, 5.41) is 10.3. The number of hydrogen-bond acceptors (Lipinski definition) is 3. The first-order valence-corrected chi connectivity index (χ1v) is 8.13. The van der Waals surface area contributed by atoms with Crippen LogP contribution in [0.4, 0.5) is 0 Å². The van der Waals surface area contributed by atoms with E-state index in [1.807, 2.05) is 48.1 Å². The Hall–Kier alpha value is -2.89. The summed E-state index contributed by atoms with van der Waals surface area (Å²) >= 11 is 0. The van der Waals surface area contributed by atoms with Crippen LogP contribution in [0.1, 0.15) is 45.6 Å². The van der Waals surface area contributed by atoms with Gasteiger partial charge in [-0.15, -0.1) is 0 Å². The minimum Gasteiger partial charge on any atom is -0.337 e. The number of nitrogens with one attached hydrogen (secondary N) is 2. The Morgan fingerprint density at radius 1 is 1.29 bits per heavy atom. The van der Waals surface area contributed by atoms with Crippen LogP contribution >= 0.6 is 0 Å². The molecule has 1 atom stereocenters. The molecule has 2 N–H and O–H groups in total. The van der Waals surface area contributed by atoms with E-state index in [0.717, 1.165) is 41.9 Å². The van der Waals surface area contributed by atoms with Crippen molar-refractivity contribution in [3.05, 3.63) is 71.1 Å². The molecular weight excluding hydrogens is 302 g/mol. The highest BCUT2D eigenvalue weighted by Crippen LogP contribution is 2.25. The molecule has 3 aromatic rings. The van der Waals surface area contributed by atoms with Gasteiger partial charge in [-0.05, 0) is 24.8 Å². The lowest BCUT2D eigenvalue weighted by molar-refractivity contribution is 0.0935. The van der Waals surface area contributed by atoms with Crippen LogP contribution in [0.15, 0.2) is 42.7 Å². The van der Waals surface area contributed by atoms with Crippen LogP contribution in [0.3, 0.4) is 0 Å². The Labute approximate surface area is 139 Å². The van der Waals surface area contributed by atoms with Gasteiger partial charge in [0.15, 0.2) is 5.69 Å². The van der Waals surface area contributed by atoms with Crippen molar-refractivity contribution < 1.29 is 4.79 Å². The van der Waals surface area contributed by atoms with Gasteiger partial charge in [0.25, 0.3) is 5.91 Å². The molecule has 0 aliphatic heterocycles. The Bertz CT molecular complexity index is 865. The number of aromatic nitrogens is 4. The molecule has 4 rings (SSSR count). The number of aryl methyl sites for hydroxylation is 2. The van der Waals surface area contributed by atoms with Crippen molar-refractivity contribution in [3.63, 3.8) is 0 Å². The average Bonchev–Trinajstić information content (AvgIpc) is 3.30. The van der Waals surface area contributed by atoms with E-state index in [9.17, 15) is 4.79 Å². The second-order valence-corrected chi connectivity index (χ2v) is 6.10. The number of carbonyl (C=O) groups excluding carboxylic acids is 1. The molecule has 0 saturated heterocycles. The molecule has 0 fully saturated rings. The summed E-state index contributed by atoms with van der Waals surface area (Å²) in [5.74, 6) is 0.632. The molecule has 24 heavy (non-hydrogen) atoms. The van der Waals surface area contributed by atoms with Gasteiger partial charge < -0.3 is 9.88 Å². The highest BCUT2D eigenvalue weighted by Gasteiger charge is 2.27. The SMILES string of the molecule is Cn1ccnc1[C@H](NC(=O)c1n[nH]c2c1CCC2)c1ccccc1. The molecule has 1 aliphatic carbocycles. The lowest BCUT2D eigenvalue weighted by Gasteiger charge is -2.19. The van der Waals surface area contributed by atoms with E-state index in [0.29, 0.717) is 5.69 Å². The van der Waals surface area contributed by atoms with Gasteiger partial charge in [-0.1, -0.05) is 30.3 Å². The summed E-state index contributed by atoms with van der Waals surface area (Å²) in [7, 11) is 1.93. The van der Waals surface area contributed by atoms with Gasteiger partial charge in [-0.3, -0.25) is 9.89 Å². The Kier molecular flexibility index (Phi) is 3.65. The topological polar surface area (TPSA) is 75.6 Å². The summed E-state index contributed by atoms with van der Waals surface area (Å²) in [6.07, 6.45) is 6.57. The van der Waals surface area contributed by atoms with Crippen LogP contribution in [-0.2, 0) is 19.9 Å². The fourth-order valence-electron chi connectivity index (χ4n) is 3.30. The van der Waals surface area contributed by atoms with Gasteiger partial charge in [-0.2, -0.15) is 5.10 Å². The molecular formula is C18H19N5O. The van der Waals surface area contributed by atoms with Crippen LogP contribution in [-0.4, -0.2) is 25.7 Å². The molecule has 0 bridgehead atoms. The molecule has 1 aliphatic rings. The number of rotatable bonds is 4. The van der Waals surface area contributed by atoms with Crippen LogP contribution < -0.4 is 5.32 Å². The number of fused-ring (bicyclic) bond motifs is 1. The zero-order valence-corrected chi connectivity index (χ0v) is 13.5. The molecule has 0 unspecified atom stereocenters. The summed E-state index contributed by atoms with van der Waals surface area (Å²) in [4.78, 5) is 17.2. The number of aromatic amines is 1. The van der Waals surface area contributed by atoms with Crippen molar-refractivity contribution in [2.75, 3.05) is 0 Å². The predicted molar refractivity (Wildman–Crippen MR) is 89.6 cm³/mol. The van der Waals surface area contributed by atoms with Gasteiger partial charge in [0.2, 0.25) is 0 Å². The van der Waals surface area contributed by atoms with E-state index < -0.39 is 0 Å². The molecule has 1 amide bonds. The third kappa shape index (κ3) is 2.50. The molecule has 6 nitrogen and oxygen atoms in total. The number of hydrogen-bond donors (Lipinski definition) is 2. The fourth-order valence-corrected chi connectivity index (χ4v) is 3.30. The van der Waals surface area contributed by atoms with Gasteiger partial charge in [0.1, 0.15) is 11.9 Å². The molecule has 0 radical (unpaired) electrons. The first kappa shape index (κ1) is 14.7. The average molecular weight is 321 g/mol. The van der Waals surface area contributed by atoms with Crippen molar-refractivity contribution in [2.45, 2.75) is 25.3 Å². The third-order valence-electron chi connectivity index (χ3n) is 4.55. The Morgan fingerprint density at radius 2 is 2.12 bits per heavy atom. The maximum Gasteiger partial charge on any atom is 0.272 e. The molecule has 2 aromatic heterocycles. The highest BCUT2D eigenvalue weighted by molar-refractivity contribution is 5.94. The molecule has 0 spiro atoms. The number of imidazole rings is 1. The second kappa shape index (κ2) is 5.96. The quantitative estimate of drug-likeness (QED) is 0.773. The Morgan fingerprint density at radius 3 is 2.88 bits per heavy atom. The van der Waals surface area contributed by atoms with Crippen molar-refractivity contribution in [1.29, 1.82) is 0 Å². The van der Waals surface area contributed by atoms with E-state index >= 15 is 0 Å². The monoisotopic (exact) mass is 321 g/mol. The van der Waals surface area contributed by atoms with E-state index in [2.05, 4.69) is 20.5 Å². The largest absolute Gasteiger partial charge is 0.337 e. The van der Waals surface area contributed by atoms with Gasteiger partial charge in [-0.25, -0.2) is 4.98 Å². The predicted octanol–water partition coefficient (Wildman–Crippen LogP) is 2.15. The summed E-state index contributed by atoms with van der Waals surface area (Å²) in [6.45, 7) is 0. The van der Waals surface area contributed by atoms with Crippen LogP contribution in [0.5, 0.6) is 0 Å². The summed E-state index contributed by atoms with van der Waals surface area (Å²) in [5.41, 5.74) is 3.65. The first-order valence-electron chi connectivity index (χ1n) is 8.13. The minimum absolute atomic E-state index is 0.161. The highest BCUT2D eigenvalue weighted by atomic mass is 16.2. The zero-order chi connectivity index (χ0) is 16.5. The summed E-state index contributed by atoms with van der Waals surface area (Å²) in [6, 6.07) is 9.56. The normalized spacial score (nSPS) is 14.4. The maximum absolute atomic E-state index is 12.8. The maximum atomic E-state index is 12.8. The second-order valence-electron chi connectivity index (χ2n) is 6.10. The standard InChI is InChI=1S/C18H19N5O/c1-23-11-10-19-17(23)15(12-6-3-2-4-7-12)20-18(24)16-13-8-5-9-14(13)21-22-16/h2-4,6-7,10-11,15H,5,8-9H2,1H3,(H,20,24)(H,21,22)/t15-/m1/s1. The van der Waals surface area contributed by atoms with Crippen LogP contribution in [0.2, 0.25) is 0 Å². The lowest BCUT2D eigenvalue weighted by Crippen LogP contribution is -2.31. The fraction of sp³-hybridized carbons (Fsp3) is 0.278. The van der Waals surface area contributed by atoms with E-state index in [1.54, 1.807) is 6.20 Å². The smallest absolute Gasteiger partial charge is 0.272 e. The zero-order valence-electron chi connectivity index (χ0n) is 13.5. The van der Waals surface area contributed by atoms with Gasteiger partial charge in [0, 0.05) is 30.7 Å². The first-order chi connectivity index (χ1) is 11.7. The molecule has 0 saturated carbocycles. The van der Waals surface area contributed by atoms with E-state index in [-0.39, 0.29) is 11.9 Å². The van der Waals surface area contributed by atoms with Gasteiger partial charge >= 0.3 is 0 Å². The van der Waals surface area contributed by atoms with E-state index in [1.165, 1.54) is 0 Å². The number of carbonyl (C=O) groups is 1. The van der Waals surface area contributed by atoms with Crippen molar-refractivity contribution in [3.8, 4) is 0 Å². The van der Waals surface area contributed by atoms with Crippen molar-refractivity contribution in [2.24, 2.45) is 7.05 Å². The lowest BCUT2D eigenvalue weighted by atomic mass is 10.1. The number of amides is 1. The number of nitrogens with zero attached hydrogens (tertiary/aromatic N) is 3. The molecule has 6 heteroatoms. The van der Waals surface area contributed by atoms with Crippen LogP contribution in [0.25, 0.3) is 0 Å². The van der Waals surface area contributed by atoms with Crippen molar-refractivity contribution >= 4 is 5.91 Å². The molecule has 2 heterocycles. The summed E-state index contributed by atoms with van der Waals surface area (Å²) < 4.78 is 1.92. The van der Waals surface area contributed by atoms with Crippen LogP contribution in [0, 0.1) is 0 Å².